The highest BCUT2D eigenvalue weighted by Crippen LogP contribution is 2.25. The molecule has 0 N–H and O–H groups in total. The van der Waals surface area contributed by atoms with Gasteiger partial charge in [-0.1, -0.05) is 32.9 Å². The lowest BCUT2D eigenvalue weighted by Crippen LogP contribution is -2.49. The number of rotatable bonds is 5. The second kappa shape index (κ2) is 9.42. The van der Waals surface area contributed by atoms with E-state index in [4.69, 9.17) is 0 Å². The van der Waals surface area contributed by atoms with Gasteiger partial charge >= 0.3 is 0 Å². The van der Waals surface area contributed by atoms with E-state index in [0.717, 1.165) is 24.9 Å². The second-order valence-electron chi connectivity index (χ2n) is 9.09. The fraction of sp³-hybridized carbons (Fsp3) is 0.609. The molecule has 0 saturated carbocycles. The van der Waals surface area contributed by atoms with E-state index in [-0.39, 0.29) is 23.6 Å². The van der Waals surface area contributed by atoms with Crippen LogP contribution in [-0.2, 0) is 16.1 Å². The van der Waals surface area contributed by atoms with Crippen LogP contribution in [-0.4, -0.2) is 66.2 Å². The van der Waals surface area contributed by atoms with Crippen LogP contribution in [0.5, 0.6) is 0 Å². The first kappa shape index (κ1) is 22.9. The predicted molar refractivity (Wildman–Crippen MR) is 114 cm³/mol. The summed E-state index contributed by atoms with van der Waals surface area (Å²) >= 11 is 0. The molecule has 0 bridgehead atoms. The number of hydrogen-bond acceptors (Lipinski definition) is 3. The molecule has 160 valence electrons. The molecule has 1 fully saturated rings. The molecular formula is C23H35N3O3. The first-order valence-corrected chi connectivity index (χ1v) is 10.4. The maximum atomic E-state index is 13.1. The Balaban J connectivity index is 2.04. The van der Waals surface area contributed by atoms with Gasteiger partial charge in [-0.2, -0.15) is 0 Å². The lowest BCUT2D eigenvalue weighted by molar-refractivity contribution is -0.145. The third-order valence-electron chi connectivity index (χ3n) is 5.37. The van der Waals surface area contributed by atoms with Gasteiger partial charge in [-0.05, 0) is 37.5 Å². The quantitative estimate of drug-likeness (QED) is 0.762. The number of amides is 3. The Bertz CT molecular complexity index is 735. The van der Waals surface area contributed by atoms with Crippen LogP contribution in [0.2, 0.25) is 0 Å². The molecule has 1 aliphatic heterocycles. The minimum Gasteiger partial charge on any atom is -0.345 e. The van der Waals surface area contributed by atoms with E-state index >= 15 is 0 Å². The third kappa shape index (κ3) is 5.81. The molecule has 0 spiro atoms. The Kier molecular flexibility index (Phi) is 7.44. The zero-order chi connectivity index (χ0) is 21.8. The smallest absolute Gasteiger partial charge is 0.253 e. The second-order valence-corrected chi connectivity index (χ2v) is 9.09. The van der Waals surface area contributed by atoms with Gasteiger partial charge in [0.25, 0.3) is 5.91 Å². The number of carbonyl (C=O) groups excluding carboxylic acids is 3. The van der Waals surface area contributed by atoms with Gasteiger partial charge in [-0.15, -0.1) is 0 Å². The van der Waals surface area contributed by atoms with Crippen molar-refractivity contribution in [2.24, 2.45) is 11.3 Å². The molecule has 1 saturated heterocycles. The van der Waals surface area contributed by atoms with Crippen molar-refractivity contribution in [2.75, 3.05) is 33.7 Å². The van der Waals surface area contributed by atoms with Crippen molar-refractivity contribution < 1.29 is 14.4 Å². The minimum absolute atomic E-state index is 0.0363. The maximum absolute atomic E-state index is 13.1. The molecule has 1 aromatic rings. The van der Waals surface area contributed by atoms with Crippen LogP contribution in [0.15, 0.2) is 24.3 Å². The predicted octanol–water partition coefficient (Wildman–Crippen LogP) is 3.02. The van der Waals surface area contributed by atoms with Gasteiger partial charge in [0.05, 0.1) is 5.92 Å². The van der Waals surface area contributed by atoms with E-state index in [0.29, 0.717) is 25.2 Å². The van der Waals surface area contributed by atoms with Crippen LogP contribution >= 0.6 is 0 Å². The van der Waals surface area contributed by atoms with Crippen LogP contribution in [0.3, 0.4) is 0 Å². The van der Waals surface area contributed by atoms with Crippen molar-refractivity contribution in [2.45, 2.75) is 47.1 Å². The minimum atomic E-state index is -0.429. The summed E-state index contributed by atoms with van der Waals surface area (Å²) in [7, 11) is 3.46. The van der Waals surface area contributed by atoms with Gasteiger partial charge in [-0.25, -0.2) is 0 Å². The van der Waals surface area contributed by atoms with Crippen LogP contribution in [0.25, 0.3) is 0 Å². The highest BCUT2D eigenvalue weighted by Gasteiger charge is 2.34. The Labute approximate surface area is 174 Å². The number of hydrogen-bond donors (Lipinski definition) is 0. The maximum Gasteiger partial charge on any atom is 0.253 e. The molecule has 0 radical (unpaired) electrons. The van der Waals surface area contributed by atoms with E-state index in [1.807, 2.05) is 49.6 Å². The summed E-state index contributed by atoms with van der Waals surface area (Å²) in [5, 5.41) is 0. The summed E-state index contributed by atoms with van der Waals surface area (Å²) in [4.78, 5) is 43.0. The van der Waals surface area contributed by atoms with Crippen molar-refractivity contribution in [3.63, 3.8) is 0 Å². The van der Waals surface area contributed by atoms with Crippen LogP contribution < -0.4 is 0 Å². The van der Waals surface area contributed by atoms with Crippen molar-refractivity contribution in [1.82, 2.24) is 14.7 Å². The molecule has 3 amide bonds. The number of piperidine rings is 1. The van der Waals surface area contributed by atoms with E-state index in [9.17, 15) is 14.4 Å². The van der Waals surface area contributed by atoms with Crippen LogP contribution in [0.4, 0.5) is 0 Å². The first-order chi connectivity index (χ1) is 13.5. The van der Waals surface area contributed by atoms with Gasteiger partial charge in [0.15, 0.2) is 0 Å². The molecule has 29 heavy (non-hydrogen) atoms. The largest absolute Gasteiger partial charge is 0.345 e. The molecule has 0 aliphatic carbocycles. The lowest BCUT2D eigenvalue weighted by atomic mass is 9.90. The van der Waals surface area contributed by atoms with E-state index in [2.05, 4.69) is 0 Å². The summed E-state index contributed by atoms with van der Waals surface area (Å²) in [6.45, 7) is 10.1. The highest BCUT2D eigenvalue weighted by molar-refractivity contribution is 5.93. The monoisotopic (exact) mass is 401 g/mol. The molecule has 0 aromatic heterocycles. The molecule has 6 nitrogen and oxygen atoms in total. The summed E-state index contributed by atoms with van der Waals surface area (Å²) < 4.78 is 0. The molecule has 6 heteroatoms. The molecule has 1 aromatic carbocycles. The van der Waals surface area contributed by atoms with Crippen molar-refractivity contribution in [1.29, 1.82) is 0 Å². The Morgan fingerprint density at radius 2 is 1.72 bits per heavy atom. The zero-order valence-electron chi connectivity index (χ0n) is 18.7. The zero-order valence-corrected chi connectivity index (χ0v) is 18.7. The van der Waals surface area contributed by atoms with Crippen molar-refractivity contribution in [3.05, 3.63) is 35.4 Å². The molecule has 1 heterocycles. The lowest BCUT2D eigenvalue weighted by Gasteiger charge is -2.37. The van der Waals surface area contributed by atoms with E-state index in [1.165, 1.54) is 0 Å². The topological polar surface area (TPSA) is 60.9 Å². The van der Waals surface area contributed by atoms with Crippen LogP contribution in [0, 0.1) is 11.3 Å². The third-order valence-corrected chi connectivity index (χ3v) is 5.37. The van der Waals surface area contributed by atoms with E-state index in [1.54, 1.807) is 31.1 Å². The van der Waals surface area contributed by atoms with Gasteiger partial charge in [-0.3, -0.25) is 14.4 Å². The molecule has 1 unspecified atom stereocenters. The van der Waals surface area contributed by atoms with Gasteiger partial charge in [0.1, 0.15) is 0 Å². The van der Waals surface area contributed by atoms with Gasteiger partial charge in [0.2, 0.25) is 11.8 Å². The van der Waals surface area contributed by atoms with Crippen molar-refractivity contribution >= 4 is 17.7 Å². The number of likely N-dealkylation sites (tertiary alicyclic amines) is 1. The summed E-state index contributed by atoms with van der Waals surface area (Å²) in [5.74, 6) is 0.0296. The molecular weight excluding hydrogens is 366 g/mol. The standard InChI is InChI=1S/C23H35N3O3/c1-7-25(15-17-10-12-18(13-11-17)20(27)24(5)6)21(28)19-9-8-14-26(16-19)22(29)23(2,3)4/h10-13,19H,7-9,14-16H2,1-6H3. The normalized spacial score (nSPS) is 17.0. The van der Waals surface area contributed by atoms with Gasteiger partial charge in [0, 0.05) is 51.3 Å². The fourth-order valence-electron chi connectivity index (χ4n) is 3.67. The molecule has 1 aliphatic rings. The Hall–Kier alpha value is -2.37. The summed E-state index contributed by atoms with van der Waals surface area (Å²) in [6.07, 6.45) is 1.68. The Morgan fingerprint density at radius 3 is 2.24 bits per heavy atom. The SMILES string of the molecule is CCN(Cc1ccc(C(=O)N(C)C)cc1)C(=O)C1CCCN(C(=O)C(C)(C)C)C1. The number of carbonyl (C=O) groups is 3. The summed E-state index contributed by atoms with van der Waals surface area (Å²) in [5.41, 5.74) is 1.20. The highest BCUT2D eigenvalue weighted by atomic mass is 16.2. The van der Waals surface area contributed by atoms with Crippen molar-refractivity contribution in [3.8, 4) is 0 Å². The molecule has 2 rings (SSSR count). The summed E-state index contributed by atoms with van der Waals surface area (Å²) in [6, 6.07) is 7.42. The van der Waals surface area contributed by atoms with Crippen LogP contribution in [0.1, 0.15) is 56.5 Å². The fourth-order valence-corrected chi connectivity index (χ4v) is 3.67. The average molecular weight is 402 g/mol. The molecule has 1 atom stereocenters. The van der Waals surface area contributed by atoms with E-state index < -0.39 is 5.41 Å². The number of benzene rings is 1. The number of nitrogens with zero attached hydrogens (tertiary/aromatic N) is 3. The van der Waals surface area contributed by atoms with Gasteiger partial charge < -0.3 is 14.7 Å². The Morgan fingerprint density at radius 1 is 1.10 bits per heavy atom. The first-order valence-electron chi connectivity index (χ1n) is 10.4. The average Bonchev–Trinajstić information content (AvgIpc) is 2.70.